The Labute approximate surface area is 131 Å². The number of hydrogen-bond acceptors (Lipinski definition) is 3. The highest BCUT2D eigenvalue weighted by Gasteiger charge is 2.16. The molecule has 0 atom stereocenters. The predicted octanol–water partition coefficient (Wildman–Crippen LogP) is 3.73. The Morgan fingerprint density at radius 2 is 1.77 bits per heavy atom. The van der Waals surface area contributed by atoms with E-state index in [1.807, 2.05) is 19.1 Å². The fraction of sp³-hybridized carbons (Fsp3) is 0.222. The van der Waals surface area contributed by atoms with E-state index in [0.717, 1.165) is 12.0 Å². The van der Waals surface area contributed by atoms with Crippen LogP contribution in [0.1, 0.15) is 23.1 Å². The summed E-state index contributed by atoms with van der Waals surface area (Å²) in [5, 5.41) is 0. The molecule has 1 aliphatic rings. The third-order valence-corrected chi connectivity index (χ3v) is 5.13. The molecule has 0 bridgehead atoms. The Balaban J connectivity index is 1.59. The van der Waals surface area contributed by atoms with Gasteiger partial charge in [0.2, 0.25) is 0 Å². The van der Waals surface area contributed by atoms with Crippen molar-refractivity contribution in [3.05, 3.63) is 70.8 Å². The summed E-state index contributed by atoms with van der Waals surface area (Å²) in [5.41, 5.74) is 4.74. The summed E-state index contributed by atoms with van der Waals surface area (Å²) in [4.78, 5) is 0.210. The molecule has 0 saturated heterocycles. The lowest BCUT2D eigenvalue weighted by atomic mass is 10.1. The molecule has 0 radical (unpaired) electrons. The van der Waals surface area contributed by atoms with Crippen LogP contribution < -0.4 is 0 Å². The molecular weight excluding hydrogens is 296 g/mol. The van der Waals surface area contributed by atoms with Crippen LogP contribution in [-0.4, -0.2) is 15.0 Å². The number of benzene rings is 2. The van der Waals surface area contributed by atoms with Crippen molar-refractivity contribution in [2.24, 2.45) is 0 Å². The van der Waals surface area contributed by atoms with Crippen molar-refractivity contribution in [3.63, 3.8) is 0 Å². The van der Waals surface area contributed by atoms with Gasteiger partial charge in [0, 0.05) is 0 Å². The van der Waals surface area contributed by atoms with Crippen LogP contribution in [0.15, 0.2) is 59.0 Å². The van der Waals surface area contributed by atoms with Gasteiger partial charge in [-0.2, -0.15) is 8.42 Å². The molecule has 0 aromatic heterocycles. The van der Waals surface area contributed by atoms with Crippen molar-refractivity contribution < 1.29 is 12.6 Å². The summed E-state index contributed by atoms with van der Waals surface area (Å²) in [6.45, 7) is 2.09. The molecule has 22 heavy (non-hydrogen) atoms. The molecule has 1 aliphatic carbocycles. The van der Waals surface area contributed by atoms with Gasteiger partial charge in [-0.05, 0) is 43.0 Å². The minimum Gasteiger partial charge on any atom is -0.266 e. The Bertz CT molecular complexity index is 802. The van der Waals surface area contributed by atoms with E-state index in [4.69, 9.17) is 4.18 Å². The van der Waals surface area contributed by atoms with Crippen LogP contribution >= 0.6 is 0 Å². The van der Waals surface area contributed by atoms with Crippen LogP contribution in [-0.2, 0) is 20.7 Å². The minimum atomic E-state index is -3.66. The van der Waals surface area contributed by atoms with Crippen molar-refractivity contribution in [2.45, 2.75) is 24.7 Å². The molecule has 0 spiro atoms. The molecule has 0 saturated carbocycles. The Morgan fingerprint density at radius 1 is 1.05 bits per heavy atom. The van der Waals surface area contributed by atoms with E-state index in [9.17, 15) is 8.42 Å². The summed E-state index contributed by atoms with van der Waals surface area (Å²) < 4.78 is 29.3. The lowest BCUT2D eigenvalue weighted by molar-refractivity contribution is 0.321. The lowest BCUT2D eigenvalue weighted by Gasteiger charge is -2.06. The van der Waals surface area contributed by atoms with Gasteiger partial charge < -0.3 is 0 Å². The molecule has 0 unspecified atom stereocenters. The van der Waals surface area contributed by atoms with Gasteiger partial charge in [0.1, 0.15) is 0 Å². The summed E-state index contributed by atoms with van der Waals surface area (Å²) in [5.74, 6) is 0. The highest BCUT2D eigenvalue weighted by Crippen LogP contribution is 2.26. The zero-order chi connectivity index (χ0) is 15.6. The van der Waals surface area contributed by atoms with Gasteiger partial charge in [-0.1, -0.05) is 53.6 Å². The van der Waals surface area contributed by atoms with E-state index < -0.39 is 10.1 Å². The minimum absolute atomic E-state index is 0.177. The second-order valence-corrected chi connectivity index (χ2v) is 7.13. The van der Waals surface area contributed by atoms with Crippen LogP contribution in [0, 0.1) is 6.92 Å². The molecular formula is C18H18O3S. The monoisotopic (exact) mass is 314 g/mol. The molecule has 3 nitrogen and oxygen atoms in total. The summed E-state index contributed by atoms with van der Waals surface area (Å²) >= 11 is 0. The zero-order valence-corrected chi connectivity index (χ0v) is 13.3. The zero-order valence-electron chi connectivity index (χ0n) is 12.5. The van der Waals surface area contributed by atoms with Crippen LogP contribution in [0.5, 0.6) is 0 Å². The molecule has 3 rings (SSSR count). The van der Waals surface area contributed by atoms with Crippen molar-refractivity contribution in [2.75, 3.05) is 6.61 Å². The summed E-state index contributed by atoms with van der Waals surface area (Å²) in [7, 11) is -3.66. The molecule has 2 aromatic carbocycles. The first-order valence-corrected chi connectivity index (χ1v) is 8.69. The van der Waals surface area contributed by atoms with Crippen LogP contribution in [0.25, 0.3) is 6.08 Å². The predicted molar refractivity (Wildman–Crippen MR) is 87.1 cm³/mol. The van der Waals surface area contributed by atoms with Crippen molar-refractivity contribution in [1.82, 2.24) is 0 Å². The summed E-state index contributed by atoms with van der Waals surface area (Å²) in [6.07, 6.45) is 3.63. The van der Waals surface area contributed by atoms with Gasteiger partial charge in [0.05, 0.1) is 11.5 Å². The van der Waals surface area contributed by atoms with Gasteiger partial charge in [0.25, 0.3) is 10.1 Å². The molecule has 4 heteroatoms. The van der Waals surface area contributed by atoms with Crippen molar-refractivity contribution in [3.8, 4) is 0 Å². The number of hydrogen-bond donors (Lipinski definition) is 0. The number of aryl methyl sites for hydroxylation is 1. The standard InChI is InChI=1S/C18H18O3S/c1-14-6-8-18(9-7-14)22(19,20)21-11-10-15-12-16-4-2-3-5-17(16)13-15/h2-9,12H,10-11,13H2,1H3. The van der Waals surface area contributed by atoms with Gasteiger partial charge in [0.15, 0.2) is 0 Å². The normalized spacial score (nSPS) is 13.8. The fourth-order valence-electron chi connectivity index (χ4n) is 2.57. The molecule has 114 valence electrons. The average molecular weight is 314 g/mol. The molecule has 0 heterocycles. The van der Waals surface area contributed by atoms with Gasteiger partial charge in [-0.15, -0.1) is 0 Å². The van der Waals surface area contributed by atoms with Crippen molar-refractivity contribution in [1.29, 1.82) is 0 Å². The van der Waals surface area contributed by atoms with Crippen LogP contribution in [0.2, 0.25) is 0 Å². The SMILES string of the molecule is Cc1ccc(S(=O)(=O)OCCC2=Cc3ccccc3C2)cc1. The highest BCUT2D eigenvalue weighted by molar-refractivity contribution is 7.86. The van der Waals surface area contributed by atoms with Gasteiger partial charge >= 0.3 is 0 Å². The van der Waals surface area contributed by atoms with Crippen molar-refractivity contribution >= 4 is 16.2 Å². The molecule has 0 fully saturated rings. The second kappa shape index (κ2) is 6.07. The molecule has 0 N–H and O–H groups in total. The Morgan fingerprint density at radius 3 is 2.50 bits per heavy atom. The largest absolute Gasteiger partial charge is 0.296 e. The average Bonchev–Trinajstić information content (AvgIpc) is 2.90. The number of rotatable bonds is 5. The third kappa shape index (κ3) is 3.29. The smallest absolute Gasteiger partial charge is 0.266 e. The highest BCUT2D eigenvalue weighted by atomic mass is 32.2. The fourth-order valence-corrected chi connectivity index (χ4v) is 3.48. The Kier molecular flexibility index (Phi) is 4.14. The van der Waals surface area contributed by atoms with E-state index in [2.05, 4.69) is 18.2 Å². The summed E-state index contributed by atoms with van der Waals surface area (Å²) in [6, 6.07) is 14.9. The van der Waals surface area contributed by atoms with Gasteiger partial charge in [-0.3, -0.25) is 4.18 Å². The molecule has 2 aromatic rings. The van der Waals surface area contributed by atoms with E-state index in [-0.39, 0.29) is 11.5 Å². The molecule has 0 amide bonds. The Hall–Kier alpha value is -1.91. The maximum absolute atomic E-state index is 12.1. The first-order valence-electron chi connectivity index (χ1n) is 7.28. The van der Waals surface area contributed by atoms with Crippen LogP contribution in [0.4, 0.5) is 0 Å². The lowest BCUT2D eigenvalue weighted by Crippen LogP contribution is -2.08. The van der Waals surface area contributed by atoms with Crippen LogP contribution in [0.3, 0.4) is 0 Å². The maximum Gasteiger partial charge on any atom is 0.296 e. The number of fused-ring (bicyclic) bond motifs is 1. The topological polar surface area (TPSA) is 43.4 Å². The third-order valence-electron chi connectivity index (χ3n) is 3.80. The van der Waals surface area contributed by atoms with E-state index >= 15 is 0 Å². The van der Waals surface area contributed by atoms with Gasteiger partial charge in [-0.25, -0.2) is 0 Å². The first-order chi connectivity index (χ1) is 10.5. The van der Waals surface area contributed by atoms with E-state index in [1.165, 1.54) is 16.7 Å². The van der Waals surface area contributed by atoms with E-state index in [0.29, 0.717) is 6.42 Å². The quantitative estimate of drug-likeness (QED) is 0.790. The van der Waals surface area contributed by atoms with E-state index in [1.54, 1.807) is 24.3 Å². The second-order valence-electron chi connectivity index (χ2n) is 5.52. The molecule has 0 aliphatic heterocycles. The first kappa shape index (κ1) is 15.0. The maximum atomic E-state index is 12.1.